The number of methoxy groups -OCH3 is 1. The van der Waals surface area contributed by atoms with Crippen molar-refractivity contribution < 1.29 is 27.8 Å². The minimum absolute atomic E-state index is 0.155. The first-order chi connectivity index (χ1) is 7.99. The molecule has 4 nitrogen and oxygen atoms in total. The van der Waals surface area contributed by atoms with E-state index in [-0.39, 0.29) is 5.56 Å². The molecule has 92 valence electrons. The van der Waals surface area contributed by atoms with Crippen molar-refractivity contribution in [2.75, 3.05) is 7.11 Å². The second kappa shape index (κ2) is 5.38. The topological polar surface area (TPSA) is 52.6 Å². The zero-order valence-corrected chi connectivity index (χ0v) is 9.20. The molecule has 0 aliphatic carbocycles. The van der Waals surface area contributed by atoms with Crippen molar-refractivity contribution in [1.82, 2.24) is 0 Å². The van der Waals surface area contributed by atoms with Crippen molar-refractivity contribution in [3.63, 3.8) is 0 Å². The van der Waals surface area contributed by atoms with Crippen LogP contribution >= 0.6 is 0 Å². The van der Waals surface area contributed by atoms with Crippen molar-refractivity contribution >= 4 is 12.3 Å². The average molecular weight is 244 g/mol. The fourth-order valence-corrected chi connectivity index (χ4v) is 1.15. The smallest absolute Gasteiger partial charge is 0.346 e. The summed E-state index contributed by atoms with van der Waals surface area (Å²) in [7, 11) is 1.13. The number of esters is 1. The van der Waals surface area contributed by atoms with Crippen LogP contribution in [0, 0.1) is 11.6 Å². The van der Waals surface area contributed by atoms with Gasteiger partial charge in [0.15, 0.2) is 23.5 Å². The van der Waals surface area contributed by atoms with Gasteiger partial charge in [-0.15, -0.1) is 0 Å². The van der Waals surface area contributed by atoms with Gasteiger partial charge in [-0.25, -0.2) is 13.6 Å². The Bertz CT molecular complexity index is 422. The van der Waals surface area contributed by atoms with E-state index in [2.05, 4.69) is 4.74 Å². The largest absolute Gasteiger partial charge is 0.473 e. The van der Waals surface area contributed by atoms with E-state index in [9.17, 15) is 18.4 Å². The maximum Gasteiger partial charge on any atom is 0.346 e. The summed E-state index contributed by atoms with van der Waals surface area (Å²) in [6.45, 7) is 1.29. The van der Waals surface area contributed by atoms with Crippen molar-refractivity contribution in [3.8, 4) is 5.75 Å². The summed E-state index contributed by atoms with van der Waals surface area (Å²) in [6.07, 6.45) is -0.842. The summed E-state index contributed by atoms with van der Waals surface area (Å²) in [5.41, 5.74) is -0.155. The number of rotatable bonds is 4. The van der Waals surface area contributed by atoms with E-state index in [1.54, 1.807) is 0 Å². The molecule has 0 spiro atoms. The molecule has 0 aromatic heterocycles. The van der Waals surface area contributed by atoms with Crippen molar-refractivity contribution in [2.24, 2.45) is 0 Å². The van der Waals surface area contributed by atoms with Gasteiger partial charge in [-0.2, -0.15) is 0 Å². The fraction of sp³-hybridized carbons (Fsp3) is 0.273. The molecule has 0 aliphatic heterocycles. The zero-order valence-electron chi connectivity index (χ0n) is 9.20. The summed E-state index contributed by atoms with van der Waals surface area (Å²) in [5.74, 6) is -3.58. The Morgan fingerprint density at radius 1 is 1.35 bits per heavy atom. The van der Waals surface area contributed by atoms with Gasteiger partial charge in [0.1, 0.15) is 6.29 Å². The first-order valence-electron chi connectivity index (χ1n) is 4.68. The Labute approximate surface area is 96.1 Å². The average Bonchev–Trinajstić information content (AvgIpc) is 2.31. The lowest BCUT2D eigenvalue weighted by atomic mass is 10.2. The van der Waals surface area contributed by atoms with Crippen molar-refractivity contribution in [2.45, 2.75) is 13.0 Å². The van der Waals surface area contributed by atoms with Gasteiger partial charge in [0, 0.05) is 5.56 Å². The van der Waals surface area contributed by atoms with E-state index in [0.717, 1.165) is 19.2 Å². The lowest BCUT2D eigenvalue weighted by molar-refractivity contribution is -0.148. The van der Waals surface area contributed by atoms with Gasteiger partial charge in [0.05, 0.1) is 7.11 Å². The predicted octanol–water partition coefficient (Wildman–Crippen LogP) is 1.72. The molecule has 0 amide bonds. The molecule has 17 heavy (non-hydrogen) atoms. The molecular formula is C11H10F2O4. The number of carbonyl (C=O) groups is 2. The van der Waals surface area contributed by atoms with Gasteiger partial charge in [-0.3, -0.25) is 4.79 Å². The van der Waals surface area contributed by atoms with Crippen LogP contribution in [0.3, 0.4) is 0 Å². The summed E-state index contributed by atoms with van der Waals surface area (Å²) in [5, 5.41) is 0. The quantitative estimate of drug-likeness (QED) is 0.597. The highest BCUT2D eigenvalue weighted by molar-refractivity contribution is 5.76. The summed E-state index contributed by atoms with van der Waals surface area (Å²) in [4.78, 5) is 21.4. The van der Waals surface area contributed by atoms with Gasteiger partial charge < -0.3 is 9.47 Å². The van der Waals surface area contributed by atoms with E-state index in [1.165, 1.54) is 6.92 Å². The molecule has 0 radical (unpaired) electrons. The van der Waals surface area contributed by atoms with Gasteiger partial charge in [0.2, 0.25) is 0 Å². The molecular weight excluding hydrogens is 234 g/mol. The Morgan fingerprint density at radius 2 is 1.88 bits per heavy atom. The minimum atomic E-state index is -1.15. The summed E-state index contributed by atoms with van der Waals surface area (Å²) >= 11 is 0. The molecule has 1 rings (SSSR count). The van der Waals surface area contributed by atoms with Crippen LogP contribution in [-0.2, 0) is 9.53 Å². The Balaban J connectivity index is 2.99. The van der Waals surface area contributed by atoms with Crippen LogP contribution in [0.2, 0.25) is 0 Å². The molecule has 0 N–H and O–H groups in total. The predicted molar refractivity (Wildman–Crippen MR) is 53.9 cm³/mol. The fourth-order valence-electron chi connectivity index (χ4n) is 1.15. The second-order valence-corrected chi connectivity index (χ2v) is 3.21. The van der Waals surface area contributed by atoms with Crippen molar-refractivity contribution in [1.29, 1.82) is 0 Å². The maximum absolute atomic E-state index is 13.3. The normalized spacial score (nSPS) is 11.8. The highest BCUT2D eigenvalue weighted by atomic mass is 19.1. The molecule has 1 aromatic carbocycles. The van der Waals surface area contributed by atoms with Crippen LogP contribution in [0.1, 0.15) is 17.3 Å². The van der Waals surface area contributed by atoms with E-state index >= 15 is 0 Å². The number of hydrogen-bond acceptors (Lipinski definition) is 4. The van der Waals surface area contributed by atoms with Crippen LogP contribution in [0.4, 0.5) is 8.78 Å². The van der Waals surface area contributed by atoms with Crippen molar-refractivity contribution in [3.05, 3.63) is 29.3 Å². The highest BCUT2D eigenvalue weighted by Gasteiger charge is 2.20. The third-order valence-electron chi connectivity index (χ3n) is 1.98. The SMILES string of the molecule is COC(=O)C(C)Oc1c(F)cc(C=O)cc1F. The highest BCUT2D eigenvalue weighted by Crippen LogP contribution is 2.24. The van der Waals surface area contributed by atoms with Crippen LogP contribution in [0.25, 0.3) is 0 Å². The van der Waals surface area contributed by atoms with Gasteiger partial charge in [-0.05, 0) is 19.1 Å². The van der Waals surface area contributed by atoms with E-state index in [0.29, 0.717) is 6.29 Å². The molecule has 0 bridgehead atoms. The molecule has 0 heterocycles. The number of ether oxygens (including phenoxy) is 2. The first kappa shape index (κ1) is 13.1. The minimum Gasteiger partial charge on any atom is -0.473 e. The Morgan fingerprint density at radius 3 is 2.29 bits per heavy atom. The van der Waals surface area contributed by atoms with Crippen LogP contribution in [0.5, 0.6) is 5.75 Å². The monoisotopic (exact) mass is 244 g/mol. The maximum atomic E-state index is 13.3. The zero-order chi connectivity index (χ0) is 13.0. The third kappa shape index (κ3) is 2.99. The number of carbonyl (C=O) groups excluding carboxylic acids is 2. The summed E-state index contributed by atoms with van der Waals surface area (Å²) < 4.78 is 35.8. The van der Waals surface area contributed by atoms with Crippen LogP contribution in [0.15, 0.2) is 12.1 Å². The molecule has 0 saturated heterocycles. The van der Waals surface area contributed by atoms with E-state index in [4.69, 9.17) is 4.74 Å². The number of aldehydes is 1. The second-order valence-electron chi connectivity index (χ2n) is 3.21. The number of hydrogen-bond donors (Lipinski definition) is 0. The van der Waals surface area contributed by atoms with E-state index in [1.807, 2.05) is 0 Å². The number of halogens is 2. The molecule has 0 aliphatic rings. The van der Waals surface area contributed by atoms with Gasteiger partial charge >= 0.3 is 5.97 Å². The Kier molecular flexibility index (Phi) is 4.14. The molecule has 0 saturated carbocycles. The lowest BCUT2D eigenvalue weighted by Crippen LogP contribution is -2.25. The standard InChI is InChI=1S/C11H10F2O4/c1-6(11(15)16-2)17-10-8(12)3-7(5-14)4-9(10)13/h3-6H,1-2H3. The van der Waals surface area contributed by atoms with Crippen LogP contribution in [-0.4, -0.2) is 25.5 Å². The molecule has 1 atom stereocenters. The lowest BCUT2D eigenvalue weighted by Gasteiger charge is -2.13. The van der Waals surface area contributed by atoms with E-state index < -0.39 is 29.5 Å². The molecule has 6 heteroatoms. The summed E-state index contributed by atoms with van der Waals surface area (Å²) in [6, 6.07) is 1.63. The van der Waals surface area contributed by atoms with Gasteiger partial charge in [-0.1, -0.05) is 0 Å². The number of benzene rings is 1. The van der Waals surface area contributed by atoms with Crippen LogP contribution < -0.4 is 4.74 Å². The molecule has 1 aromatic rings. The molecule has 1 unspecified atom stereocenters. The molecule has 0 fully saturated rings. The van der Waals surface area contributed by atoms with Gasteiger partial charge in [0.25, 0.3) is 0 Å². The first-order valence-corrected chi connectivity index (χ1v) is 4.68. The third-order valence-corrected chi connectivity index (χ3v) is 1.98. The Hall–Kier alpha value is -1.98.